The minimum absolute atomic E-state index is 0.00312. The molecule has 0 atom stereocenters. The van der Waals surface area contributed by atoms with Crippen LogP contribution in [-0.4, -0.2) is 52.3 Å². The fourth-order valence-electron chi connectivity index (χ4n) is 3.15. The summed E-state index contributed by atoms with van der Waals surface area (Å²) in [5, 5.41) is 2.88. The van der Waals surface area contributed by atoms with Gasteiger partial charge in [-0.05, 0) is 32.0 Å². The third kappa shape index (κ3) is 4.63. The Morgan fingerprint density at radius 3 is 2.45 bits per heavy atom. The Hall–Kier alpha value is -3.22. The van der Waals surface area contributed by atoms with Crippen molar-refractivity contribution >= 4 is 32.8 Å². The zero-order valence-corrected chi connectivity index (χ0v) is 19.3. The highest BCUT2D eigenvalue weighted by Gasteiger charge is 2.33. The molecule has 3 heterocycles. The molecule has 3 rings (SSSR count). The van der Waals surface area contributed by atoms with Gasteiger partial charge in [0.05, 0.1) is 23.3 Å². The molecule has 9 nitrogen and oxygen atoms in total. The topological polar surface area (TPSA) is 116 Å². The van der Waals surface area contributed by atoms with E-state index in [4.69, 9.17) is 4.74 Å². The van der Waals surface area contributed by atoms with E-state index in [1.165, 1.54) is 37.8 Å². The number of hydrogen-bond donors (Lipinski definition) is 1. The number of hydrogen-bond acceptors (Lipinski definition) is 8. The molecule has 0 aliphatic heterocycles. The van der Waals surface area contributed by atoms with E-state index >= 15 is 0 Å². The van der Waals surface area contributed by atoms with Crippen molar-refractivity contribution in [1.82, 2.24) is 19.5 Å². The van der Waals surface area contributed by atoms with E-state index in [1.54, 1.807) is 13.8 Å². The first kappa shape index (κ1) is 24.4. The Bertz CT molecular complexity index is 1330. The number of carbonyl (C=O) groups is 1. The van der Waals surface area contributed by atoms with Gasteiger partial charge in [0.15, 0.2) is 21.3 Å². The maximum Gasteiger partial charge on any atom is 0.417 e. The molecule has 0 aliphatic carbocycles. The highest BCUT2D eigenvalue weighted by atomic mass is 32.2. The van der Waals surface area contributed by atoms with Crippen LogP contribution in [0.1, 0.15) is 26.3 Å². The quantitative estimate of drug-likeness (QED) is 0.529. The van der Waals surface area contributed by atoms with Crippen LogP contribution in [0.15, 0.2) is 29.3 Å². The predicted octanol–water partition coefficient (Wildman–Crippen LogP) is 3.21. The van der Waals surface area contributed by atoms with Crippen LogP contribution in [0.5, 0.6) is 0 Å². The summed E-state index contributed by atoms with van der Waals surface area (Å²) < 4.78 is 70.9. The van der Waals surface area contributed by atoms with Gasteiger partial charge in [-0.3, -0.25) is 0 Å². The van der Waals surface area contributed by atoms with Crippen molar-refractivity contribution in [2.24, 2.45) is 7.05 Å². The summed E-state index contributed by atoms with van der Waals surface area (Å²) >= 11 is 0. The largest absolute Gasteiger partial charge is 0.467 e. The fraction of sp³-hybridized carbons (Fsp3) is 0.400. The number of rotatable bonds is 6. The van der Waals surface area contributed by atoms with Crippen molar-refractivity contribution in [2.75, 3.05) is 18.2 Å². The van der Waals surface area contributed by atoms with Crippen LogP contribution >= 0.6 is 0 Å². The van der Waals surface area contributed by atoms with Crippen molar-refractivity contribution < 1.29 is 31.1 Å². The second-order valence-electron chi connectivity index (χ2n) is 7.75. The zero-order chi connectivity index (χ0) is 24.8. The summed E-state index contributed by atoms with van der Waals surface area (Å²) in [4.78, 5) is 24.3. The molecule has 0 fully saturated rings. The Morgan fingerprint density at radius 2 is 1.88 bits per heavy atom. The van der Waals surface area contributed by atoms with Gasteiger partial charge in [-0.1, -0.05) is 6.92 Å². The van der Waals surface area contributed by atoms with Crippen molar-refractivity contribution in [3.63, 3.8) is 0 Å². The van der Waals surface area contributed by atoms with Crippen molar-refractivity contribution in [3.05, 3.63) is 30.0 Å². The zero-order valence-electron chi connectivity index (χ0n) is 18.5. The highest BCUT2D eigenvalue weighted by Crippen LogP contribution is 2.33. The lowest BCUT2D eigenvalue weighted by Gasteiger charge is -2.24. The molecule has 3 aromatic rings. The van der Waals surface area contributed by atoms with Gasteiger partial charge in [0, 0.05) is 13.2 Å². The van der Waals surface area contributed by atoms with E-state index in [2.05, 4.69) is 20.3 Å². The van der Waals surface area contributed by atoms with Crippen LogP contribution in [0.3, 0.4) is 0 Å². The minimum atomic E-state index is -4.61. The molecule has 0 saturated carbocycles. The van der Waals surface area contributed by atoms with Gasteiger partial charge in [-0.25, -0.2) is 28.2 Å². The normalized spacial score (nSPS) is 12.7. The number of halogens is 3. The van der Waals surface area contributed by atoms with Crippen molar-refractivity contribution in [3.8, 4) is 11.5 Å². The molecule has 33 heavy (non-hydrogen) atoms. The molecule has 0 spiro atoms. The average molecular weight is 485 g/mol. The molecule has 0 saturated heterocycles. The van der Waals surface area contributed by atoms with Crippen LogP contribution < -0.4 is 5.32 Å². The predicted molar refractivity (Wildman–Crippen MR) is 114 cm³/mol. The number of carbonyl (C=O) groups excluding carboxylic acids is 1. The number of aromatic nitrogens is 4. The summed E-state index contributed by atoms with van der Waals surface area (Å²) in [5.41, 5.74) is -2.22. The molecule has 13 heteroatoms. The van der Waals surface area contributed by atoms with Gasteiger partial charge in [0.1, 0.15) is 22.6 Å². The molecule has 0 amide bonds. The maximum absolute atomic E-state index is 13.1. The molecule has 0 unspecified atom stereocenters. The molecular formula is C20H22F3N5O4S. The lowest BCUT2D eigenvalue weighted by Crippen LogP contribution is -2.41. The number of methoxy groups -OCH3 is 1. The number of anilines is 1. The van der Waals surface area contributed by atoms with E-state index in [9.17, 15) is 26.4 Å². The van der Waals surface area contributed by atoms with Crippen LogP contribution in [0.25, 0.3) is 22.7 Å². The first-order valence-electron chi connectivity index (χ1n) is 9.71. The first-order valence-corrected chi connectivity index (χ1v) is 11.4. The number of fused-ring (bicyclic) bond motifs is 1. The molecular weight excluding hydrogens is 463 g/mol. The number of ether oxygens (including phenoxy) is 1. The summed E-state index contributed by atoms with van der Waals surface area (Å²) in [6.45, 7) is 4.56. The number of nitrogens with one attached hydrogen (secondary N) is 1. The molecule has 0 aliphatic rings. The van der Waals surface area contributed by atoms with Gasteiger partial charge >= 0.3 is 12.1 Å². The van der Waals surface area contributed by atoms with E-state index < -0.39 is 33.1 Å². The molecule has 0 bridgehead atoms. The average Bonchev–Trinajstić information content (AvgIpc) is 3.07. The van der Waals surface area contributed by atoms with Crippen molar-refractivity contribution in [1.29, 1.82) is 0 Å². The van der Waals surface area contributed by atoms with Crippen LogP contribution in [0, 0.1) is 0 Å². The summed E-state index contributed by atoms with van der Waals surface area (Å²) in [6.07, 6.45) is -3.93. The van der Waals surface area contributed by atoms with Crippen LogP contribution in [0.2, 0.25) is 0 Å². The Labute approximate surface area is 187 Å². The maximum atomic E-state index is 13.1. The minimum Gasteiger partial charge on any atom is -0.467 e. The summed E-state index contributed by atoms with van der Waals surface area (Å²) in [6, 6.07) is 3.53. The van der Waals surface area contributed by atoms with Gasteiger partial charge in [-0.2, -0.15) is 13.2 Å². The van der Waals surface area contributed by atoms with E-state index in [0.717, 1.165) is 6.07 Å². The fourth-order valence-corrected chi connectivity index (χ4v) is 4.17. The van der Waals surface area contributed by atoms with Crippen LogP contribution in [-0.2, 0) is 32.6 Å². The van der Waals surface area contributed by atoms with Gasteiger partial charge < -0.3 is 14.6 Å². The summed E-state index contributed by atoms with van der Waals surface area (Å²) in [7, 11) is -1.06. The SMILES string of the molecule is CCS(=O)(=O)c1ccc(NC(C)(C)C(=O)OC)nc1-c1nc2cc(C(F)(F)F)cnc2n1C. The second-order valence-corrected chi connectivity index (χ2v) is 9.99. The van der Waals surface area contributed by atoms with Crippen LogP contribution in [0.4, 0.5) is 19.0 Å². The number of esters is 1. The first-order chi connectivity index (χ1) is 15.2. The van der Waals surface area contributed by atoms with Gasteiger partial charge in [0.2, 0.25) is 0 Å². The number of pyridine rings is 2. The monoisotopic (exact) mass is 485 g/mol. The van der Waals surface area contributed by atoms with Gasteiger partial charge in [-0.15, -0.1) is 0 Å². The highest BCUT2D eigenvalue weighted by molar-refractivity contribution is 7.91. The molecule has 1 N–H and O–H groups in total. The standard InChI is InChI=1S/C20H22F3N5O4S/c1-6-33(30,31)13-7-8-14(27-19(2,3)18(29)32-5)26-15(13)17-25-12-9-11(20(21,22)23)10-24-16(12)28(17)4/h7-10H,6H2,1-5H3,(H,26,27). The Kier molecular flexibility index (Phi) is 6.13. The third-order valence-electron chi connectivity index (χ3n) is 4.96. The molecule has 3 aromatic heterocycles. The molecule has 0 radical (unpaired) electrons. The van der Waals surface area contributed by atoms with E-state index in [-0.39, 0.29) is 39.1 Å². The Balaban J connectivity index is 2.24. The number of imidazole rings is 1. The van der Waals surface area contributed by atoms with Gasteiger partial charge in [0.25, 0.3) is 0 Å². The third-order valence-corrected chi connectivity index (χ3v) is 6.72. The van der Waals surface area contributed by atoms with E-state index in [0.29, 0.717) is 6.20 Å². The number of alkyl halides is 3. The van der Waals surface area contributed by atoms with Crippen molar-refractivity contribution in [2.45, 2.75) is 37.4 Å². The number of aryl methyl sites for hydroxylation is 1. The second kappa shape index (κ2) is 8.28. The Morgan fingerprint density at radius 1 is 1.21 bits per heavy atom. The van der Waals surface area contributed by atoms with E-state index in [1.807, 2.05) is 0 Å². The molecule has 178 valence electrons. The molecule has 0 aromatic carbocycles. The smallest absolute Gasteiger partial charge is 0.417 e. The number of sulfone groups is 1. The lowest BCUT2D eigenvalue weighted by atomic mass is 10.1. The lowest BCUT2D eigenvalue weighted by molar-refractivity contribution is -0.144. The number of nitrogens with zero attached hydrogens (tertiary/aromatic N) is 4. The summed E-state index contributed by atoms with van der Waals surface area (Å²) in [5.74, 6) is -0.666.